The van der Waals surface area contributed by atoms with Crippen LogP contribution in [0.5, 0.6) is 0 Å². The van der Waals surface area contributed by atoms with Crippen molar-refractivity contribution in [2.24, 2.45) is 0 Å². The summed E-state index contributed by atoms with van der Waals surface area (Å²) in [7, 11) is 0. The summed E-state index contributed by atoms with van der Waals surface area (Å²) in [5.74, 6) is -1.68. The number of carbonyl (C=O) groups excluding carboxylic acids is 1. The lowest BCUT2D eigenvalue weighted by molar-refractivity contribution is -0.178. The number of ether oxygens (including phenoxy) is 1. The molecule has 1 aliphatic carbocycles. The summed E-state index contributed by atoms with van der Waals surface area (Å²) in [6, 6.07) is 0. The van der Waals surface area contributed by atoms with Crippen molar-refractivity contribution in [2.45, 2.75) is 5.79 Å². The van der Waals surface area contributed by atoms with Crippen molar-refractivity contribution in [3.63, 3.8) is 0 Å². The average molecular weight is 211 g/mol. The number of morpholine rings is 1. The van der Waals surface area contributed by atoms with Gasteiger partial charge in [0, 0.05) is 19.2 Å². The monoisotopic (exact) mass is 211 g/mol. The van der Waals surface area contributed by atoms with Gasteiger partial charge < -0.3 is 19.8 Å². The van der Waals surface area contributed by atoms with Gasteiger partial charge in [-0.15, -0.1) is 0 Å². The molecular formula is C10H13NO4. The van der Waals surface area contributed by atoms with E-state index in [1.54, 1.807) is 4.90 Å². The van der Waals surface area contributed by atoms with Crippen LogP contribution in [-0.4, -0.2) is 53.0 Å². The molecule has 0 amide bonds. The molecule has 1 saturated heterocycles. The van der Waals surface area contributed by atoms with Crippen molar-refractivity contribution in [2.75, 3.05) is 26.3 Å². The molecular weight excluding hydrogens is 198 g/mol. The van der Waals surface area contributed by atoms with Crippen LogP contribution in [0.1, 0.15) is 0 Å². The predicted octanol–water partition coefficient (Wildman–Crippen LogP) is -0.978. The molecule has 2 rings (SSSR count). The number of rotatable bonds is 2. The molecule has 0 aromatic heterocycles. The number of hydrogen-bond acceptors (Lipinski definition) is 5. The number of β-amino-alcohol motifs (C(OH)–C–C–N with tert-alkyl or cyclic N) is 1. The van der Waals surface area contributed by atoms with Crippen LogP contribution in [-0.2, 0) is 9.53 Å². The van der Waals surface area contributed by atoms with E-state index in [0.29, 0.717) is 25.4 Å². The van der Waals surface area contributed by atoms with Gasteiger partial charge in [-0.3, -0.25) is 4.79 Å². The van der Waals surface area contributed by atoms with Gasteiger partial charge >= 0.3 is 0 Å². The summed E-state index contributed by atoms with van der Waals surface area (Å²) in [4.78, 5) is 12.9. The van der Waals surface area contributed by atoms with E-state index in [9.17, 15) is 9.90 Å². The van der Waals surface area contributed by atoms with Crippen LogP contribution in [0.4, 0.5) is 0 Å². The summed E-state index contributed by atoms with van der Waals surface area (Å²) in [6.45, 7) is 1.30. The van der Waals surface area contributed by atoms with Gasteiger partial charge in [0.1, 0.15) is 0 Å². The predicted molar refractivity (Wildman–Crippen MR) is 51.8 cm³/mol. The molecule has 15 heavy (non-hydrogen) atoms. The third kappa shape index (κ3) is 1.81. The molecule has 1 aliphatic heterocycles. The van der Waals surface area contributed by atoms with E-state index in [4.69, 9.17) is 9.84 Å². The maximum absolute atomic E-state index is 11.2. The van der Waals surface area contributed by atoms with Crippen LogP contribution < -0.4 is 0 Å². The number of hydrogen-bond donors (Lipinski definition) is 2. The Morgan fingerprint density at radius 2 is 2.40 bits per heavy atom. The van der Waals surface area contributed by atoms with Crippen molar-refractivity contribution in [1.29, 1.82) is 0 Å². The van der Waals surface area contributed by atoms with Crippen LogP contribution in [0.15, 0.2) is 23.9 Å². The quantitative estimate of drug-likeness (QED) is 0.614. The van der Waals surface area contributed by atoms with E-state index in [1.807, 2.05) is 0 Å². The average Bonchev–Trinajstić information content (AvgIpc) is 2.21. The number of nitrogens with zero attached hydrogens (tertiary/aromatic N) is 1. The molecule has 82 valence electrons. The molecule has 2 aliphatic rings. The van der Waals surface area contributed by atoms with E-state index >= 15 is 0 Å². The number of carbonyl (C=O) groups is 1. The molecule has 0 bridgehead atoms. The van der Waals surface area contributed by atoms with E-state index in [0.717, 1.165) is 0 Å². The lowest BCUT2D eigenvalue weighted by atomic mass is 10.0. The Hall–Kier alpha value is -1.17. The molecule has 0 radical (unpaired) electrons. The van der Waals surface area contributed by atoms with Crippen LogP contribution in [0.3, 0.4) is 0 Å². The summed E-state index contributed by atoms with van der Waals surface area (Å²) in [5.41, 5.74) is 0.412. The highest BCUT2D eigenvalue weighted by atomic mass is 16.6. The third-order valence-electron chi connectivity index (χ3n) is 2.51. The molecule has 0 saturated carbocycles. The minimum absolute atomic E-state index is 0.0225. The van der Waals surface area contributed by atoms with E-state index in [2.05, 4.69) is 0 Å². The second-order valence-corrected chi connectivity index (χ2v) is 3.52. The van der Waals surface area contributed by atoms with Crippen LogP contribution >= 0.6 is 0 Å². The lowest BCUT2D eigenvalue weighted by Crippen LogP contribution is -2.50. The van der Waals surface area contributed by atoms with Crippen LogP contribution in [0, 0.1) is 0 Å². The second-order valence-electron chi connectivity index (χ2n) is 3.52. The van der Waals surface area contributed by atoms with Crippen molar-refractivity contribution >= 4 is 5.78 Å². The van der Waals surface area contributed by atoms with Gasteiger partial charge in [0.15, 0.2) is 5.78 Å². The van der Waals surface area contributed by atoms with Crippen molar-refractivity contribution in [3.8, 4) is 0 Å². The maximum Gasteiger partial charge on any atom is 0.228 e. The minimum Gasteiger partial charge on any atom is -0.395 e. The second kappa shape index (κ2) is 3.77. The standard InChI is InChI=1S/C10H13NO4/c12-5-3-11-4-6-15-10(14)2-1-8(13)7-9(10)11/h1-2,7,12,14H,3-6H2/t10-/m0/s1. The summed E-state index contributed by atoms with van der Waals surface area (Å²) in [5, 5.41) is 18.9. The molecule has 0 unspecified atom stereocenters. The van der Waals surface area contributed by atoms with Gasteiger partial charge in [0.2, 0.25) is 5.79 Å². The zero-order valence-corrected chi connectivity index (χ0v) is 8.22. The normalized spacial score (nSPS) is 30.1. The van der Waals surface area contributed by atoms with Gasteiger partial charge in [0.25, 0.3) is 0 Å². The Balaban J connectivity index is 2.28. The zero-order valence-electron chi connectivity index (χ0n) is 8.22. The van der Waals surface area contributed by atoms with Crippen molar-refractivity contribution in [1.82, 2.24) is 4.90 Å². The van der Waals surface area contributed by atoms with Gasteiger partial charge in [-0.1, -0.05) is 0 Å². The zero-order chi connectivity index (χ0) is 10.9. The van der Waals surface area contributed by atoms with E-state index in [-0.39, 0.29) is 12.4 Å². The Morgan fingerprint density at radius 1 is 1.60 bits per heavy atom. The Morgan fingerprint density at radius 3 is 3.13 bits per heavy atom. The summed E-state index contributed by atoms with van der Waals surface area (Å²) in [6.07, 6.45) is 3.97. The fourth-order valence-electron chi connectivity index (χ4n) is 1.79. The minimum atomic E-state index is -1.50. The first-order chi connectivity index (χ1) is 7.15. The Kier molecular flexibility index (Phi) is 2.60. The Labute approximate surface area is 87.3 Å². The highest BCUT2D eigenvalue weighted by Gasteiger charge is 2.39. The maximum atomic E-state index is 11.2. The fraction of sp³-hybridized carbons (Fsp3) is 0.500. The molecule has 0 aromatic rings. The first kappa shape index (κ1) is 10.4. The first-order valence-corrected chi connectivity index (χ1v) is 4.83. The number of allylic oxidation sites excluding steroid dienone is 2. The number of aliphatic hydroxyl groups is 2. The third-order valence-corrected chi connectivity index (χ3v) is 2.51. The van der Waals surface area contributed by atoms with E-state index < -0.39 is 5.79 Å². The van der Waals surface area contributed by atoms with Crippen molar-refractivity contribution in [3.05, 3.63) is 23.9 Å². The van der Waals surface area contributed by atoms with Crippen molar-refractivity contribution < 1.29 is 19.7 Å². The fourth-order valence-corrected chi connectivity index (χ4v) is 1.79. The lowest BCUT2D eigenvalue weighted by Gasteiger charge is -2.41. The number of fused-ring (bicyclic) bond motifs is 1. The molecule has 2 N–H and O–H groups in total. The van der Waals surface area contributed by atoms with Crippen LogP contribution in [0.2, 0.25) is 0 Å². The first-order valence-electron chi connectivity index (χ1n) is 4.83. The topological polar surface area (TPSA) is 70.0 Å². The Bertz CT molecular complexity index is 334. The highest BCUT2D eigenvalue weighted by molar-refractivity contribution is 6.01. The summed E-state index contributed by atoms with van der Waals surface area (Å²) >= 11 is 0. The van der Waals surface area contributed by atoms with Gasteiger partial charge in [-0.25, -0.2) is 0 Å². The molecule has 5 heteroatoms. The highest BCUT2D eigenvalue weighted by Crippen LogP contribution is 2.30. The smallest absolute Gasteiger partial charge is 0.228 e. The van der Waals surface area contributed by atoms with Gasteiger partial charge in [-0.05, 0) is 12.2 Å². The number of ketones is 1. The molecule has 1 atom stereocenters. The van der Waals surface area contributed by atoms with E-state index in [1.165, 1.54) is 18.2 Å². The molecule has 1 heterocycles. The largest absolute Gasteiger partial charge is 0.395 e. The van der Waals surface area contributed by atoms with Gasteiger partial charge in [-0.2, -0.15) is 0 Å². The number of aliphatic hydroxyl groups excluding tert-OH is 1. The molecule has 5 nitrogen and oxygen atoms in total. The molecule has 0 aromatic carbocycles. The SMILES string of the molecule is O=C1C=C[C@]2(O)OCCN(CCO)C2=C1. The summed E-state index contributed by atoms with van der Waals surface area (Å²) < 4.78 is 5.22. The molecule has 0 spiro atoms. The van der Waals surface area contributed by atoms with Crippen LogP contribution in [0.25, 0.3) is 0 Å². The molecule has 1 fully saturated rings. The van der Waals surface area contributed by atoms with Gasteiger partial charge in [0.05, 0.1) is 18.9 Å².